The van der Waals surface area contributed by atoms with E-state index in [4.69, 9.17) is 4.74 Å². The van der Waals surface area contributed by atoms with Crippen molar-refractivity contribution in [1.82, 2.24) is 4.98 Å². The number of Topliss-reactive ketones (excluding diaryl/α,β-unsaturated/α-hetero) is 1. The zero-order valence-corrected chi connectivity index (χ0v) is 15.9. The number of anilines is 1. The number of benzene rings is 2. The minimum Gasteiger partial charge on any atom is -0.478 e. The lowest BCUT2D eigenvalue weighted by Crippen LogP contribution is -2.50. The quantitative estimate of drug-likeness (QED) is 0.404. The van der Waals surface area contributed by atoms with Gasteiger partial charge in [0, 0.05) is 34.8 Å². The van der Waals surface area contributed by atoms with Crippen LogP contribution in [0.1, 0.15) is 24.2 Å². The molecule has 0 saturated heterocycles. The number of carbonyl (C=O) groups excluding carboxylic acids is 2. The Balaban J connectivity index is 1.74. The number of ketones is 1. The Morgan fingerprint density at radius 2 is 2.03 bits per heavy atom. The number of nitrogens with zero attached hydrogens (tertiary/aromatic N) is 2. The lowest BCUT2D eigenvalue weighted by molar-refractivity contribution is -0.384. The molecule has 0 bridgehead atoms. The molecule has 1 unspecified atom stereocenters. The van der Waals surface area contributed by atoms with Gasteiger partial charge in [-0.05, 0) is 18.1 Å². The number of aromatic nitrogens is 1. The summed E-state index contributed by atoms with van der Waals surface area (Å²) in [7, 11) is 0. The molecule has 8 nitrogen and oxygen atoms in total. The molecule has 148 valence electrons. The van der Waals surface area contributed by atoms with Crippen LogP contribution in [-0.4, -0.2) is 34.2 Å². The van der Waals surface area contributed by atoms with E-state index in [9.17, 15) is 19.7 Å². The third-order valence-electron chi connectivity index (χ3n) is 5.00. The Kier molecular flexibility index (Phi) is 4.54. The van der Waals surface area contributed by atoms with E-state index in [0.717, 1.165) is 10.9 Å². The van der Waals surface area contributed by atoms with Crippen LogP contribution < -0.4 is 9.64 Å². The monoisotopic (exact) mass is 393 g/mol. The topological polar surface area (TPSA) is 106 Å². The van der Waals surface area contributed by atoms with Gasteiger partial charge in [0.1, 0.15) is 5.75 Å². The molecule has 0 radical (unpaired) electrons. The van der Waals surface area contributed by atoms with E-state index in [-0.39, 0.29) is 35.5 Å². The van der Waals surface area contributed by atoms with Crippen molar-refractivity contribution >= 4 is 34.0 Å². The van der Waals surface area contributed by atoms with Gasteiger partial charge in [0.25, 0.3) is 11.6 Å². The van der Waals surface area contributed by atoms with E-state index < -0.39 is 11.0 Å². The van der Waals surface area contributed by atoms with E-state index in [1.807, 2.05) is 38.1 Å². The summed E-state index contributed by atoms with van der Waals surface area (Å²) in [5, 5.41) is 12.0. The first-order valence-corrected chi connectivity index (χ1v) is 9.22. The number of para-hydroxylation sites is 1. The largest absolute Gasteiger partial charge is 0.478 e. The minimum absolute atomic E-state index is 0.128. The summed E-state index contributed by atoms with van der Waals surface area (Å²) in [6.45, 7) is 3.46. The van der Waals surface area contributed by atoms with Gasteiger partial charge < -0.3 is 9.72 Å². The second kappa shape index (κ2) is 7.05. The number of rotatable bonds is 5. The van der Waals surface area contributed by atoms with Crippen LogP contribution in [0.4, 0.5) is 11.4 Å². The maximum atomic E-state index is 13.1. The van der Waals surface area contributed by atoms with E-state index in [0.29, 0.717) is 11.3 Å². The van der Waals surface area contributed by atoms with Crippen molar-refractivity contribution in [3.63, 3.8) is 0 Å². The number of hydrogen-bond acceptors (Lipinski definition) is 5. The molecule has 3 aromatic rings. The van der Waals surface area contributed by atoms with Gasteiger partial charge in [0.15, 0.2) is 11.9 Å². The van der Waals surface area contributed by atoms with Crippen molar-refractivity contribution in [1.29, 1.82) is 0 Å². The van der Waals surface area contributed by atoms with E-state index in [1.54, 1.807) is 6.20 Å². The van der Waals surface area contributed by atoms with Crippen molar-refractivity contribution in [2.24, 2.45) is 5.92 Å². The maximum Gasteiger partial charge on any atom is 0.271 e. The molecular formula is C21H19N3O5. The molecule has 2 aromatic carbocycles. The van der Waals surface area contributed by atoms with E-state index >= 15 is 0 Å². The second-order valence-corrected chi connectivity index (χ2v) is 7.29. The Morgan fingerprint density at radius 1 is 1.28 bits per heavy atom. The van der Waals surface area contributed by atoms with Gasteiger partial charge in [0.2, 0.25) is 0 Å². The molecule has 0 saturated carbocycles. The number of nitro benzene ring substituents is 1. The smallest absolute Gasteiger partial charge is 0.271 e. The molecule has 2 heterocycles. The molecule has 1 amide bonds. The van der Waals surface area contributed by atoms with Crippen molar-refractivity contribution in [2.75, 3.05) is 11.4 Å². The molecule has 1 N–H and O–H groups in total. The number of fused-ring (bicyclic) bond motifs is 2. The lowest BCUT2D eigenvalue weighted by atomic mass is 10.0. The van der Waals surface area contributed by atoms with Gasteiger partial charge in [-0.25, -0.2) is 0 Å². The third kappa shape index (κ3) is 3.22. The maximum absolute atomic E-state index is 13.1. The highest BCUT2D eigenvalue weighted by Gasteiger charge is 2.38. The highest BCUT2D eigenvalue weighted by molar-refractivity contribution is 6.13. The van der Waals surface area contributed by atoms with Gasteiger partial charge >= 0.3 is 0 Å². The number of non-ortho nitro benzene ring substituents is 1. The van der Waals surface area contributed by atoms with Crippen LogP contribution >= 0.6 is 0 Å². The summed E-state index contributed by atoms with van der Waals surface area (Å²) in [4.78, 5) is 41.1. The predicted octanol–water partition coefficient (Wildman–Crippen LogP) is 3.71. The number of nitrogens with one attached hydrogen (secondary N) is 1. The fourth-order valence-electron chi connectivity index (χ4n) is 3.50. The van der Waals surface area contributed by atoms with Crippen molar-refractivity contribution in [3.8, 4) is 5.75 Å². The van der Waals surface area contributed by atoms with E-state index in [2.05, 4.69) is 4.98 Å². The zero-order valence-electron chi connectivity index (χ0n) is 15.9. The summed E-state index contributed by atoms with van der Waals surface area (Å²) in [5.74, 6) is -0.434. The molecule has 0 aliphatic carbocycles. The summed E-state index contributed by atoms with van der Waals surface area (Å²) < 4.78 is 5.78. The fraction of sp³-hybridized carbons (Fsp3) is 0.238. The summed E-state index contributed by atoms with van der Waals surface area (Å²) >= 11 is 0. The zero-order chi connectivity index (χ0) is 20.7. The Labute approximate surface area is 166 Å². The fourth-order valence-corrected chi connectivity index (χ4v) is 3.50. The van der Waals surface area contributed by atoms with Gasteiger partial charge in [-0.15, -0.1) is 0 Å². The first-order chi connectivity index (χ1) is 13.9. The van der Waals surface area contributed by atoms with Crippen LogP contribution in [-0.2, 0) is 4.79 Å². The second-order valence-electron chi connectivity index (χ2n) is 7.29. The van der Waals surface area contributed by atoms with Gasteiger partial charge in [-0.1, -0.05) is 32.0 Å². The molecule has 4 rings (SSSR count). The van der Waals surface area contributed by atoms with Crippen LogP contribution in [0.3, 0.4) is 0 Å². The van der Waals surface area contributed by atoms with Crippen molar-refractivity contribution in [2.45, 2.75) is 20.0 Å². The highest BCUT2D eigenvalue weighted by atomic mass is 16.6. The molecular weight excluding hydrogens is 374 g/mol. The summed E-state index contributed by atoms with van der Waals surface area (Å²) in [5.41, 5.74) is 1.34. The average Bonchev–Trinajstić information content (AvgIpc) is 3.13. The number of ether oxygens (including phenoxy) is 1. The molecule has 0 fully saturated rings. The molecule has 0 spiro atoms. The normalized spacial score (nSPS) is 16.0. The number of nitro groups is 1. The Hall–Kier alpha value is -3.68. The molecule has 1 aliphatic heterocycles. The van der Waals surface area contributed by atoms with Crippen molar-refractivity contribution in [3.05, 3.63) is 64.3 Å². The first-order valence-electron chi connectivity index (χ1n) is 9.22. The van der Waals surface area contributed by atoms with Crippen molar-refractivity contribution < 1.29 is 19.2 Å². The molecule has 8 heteroatoms. The van der Waals surface area contributed by atoms with Gasteiger partial charge in [0.05, 0.1) is 17.2 Å². The van der Waals surface area contributed by atoms with E-state index in [1.165, 1.54) is 23.1 Å². The molecule has 1 aliphatic rings. The third-order valence-corrected chi connectivity index (χ3v) is 5.00. The average molecular weight is 393 g/mol. The Bertz CT molecular complexity index is 1130. The van der Waals surface area contributed by atoms with Crippen LogP contribution in [0.5, 0.6) is 5.75 Å². The lowest BCUT2D eigenvalue weighted by Gasteiger charge is -2.35. The first kappa shape index (κ1) is 18.7. The number of aromatic amines is 1. The Morgan fingerprint density at radius 3 is 2.76 bits per heavy atom. The van der Waals surface area contributed by atoms with Crippen LogP contribution in [0.15, 0.2) is 48.7 Å². The van der Waals surface area contributed by atoms with Gasteiger partial charge in [-0.3, -0.25) is 24.6 Å². The predicted molar refractivity (Wildman–Crippen MR) is 107 cm³/mol. The molecule has 29 heavy (non-hydrogen) atoms. The summed E-state index contributed by atoms with van der Waals surface area (Å²) in [6.07, 6.45) is 0.853. The van der Waals surface area contributed by atoms with Gasteiger partial charge in [-0.2, -0.15) is 0 Å². The summed E-state index contributed by atoms with van der Waals surface area (Å²) in [6, 6.07) is 11.5. The van der Waals surface area contributed by atoms with Crippen LogP contribution in [0.2, 0.25) is 0 Å². The standard InChI is InChI=1S/C21H19N3O5/c1-12(2)20-21(26)23(17-9-13(24(27)28)7-8-19(17)29-20)11-18(25)15-10-22-16-6-4-3-5-14(15)16/h3-10,12,20,22H,11H2,1-2H3. The number of amides is 1. The SMILES string of the molecule is CC(C)C1Oc2ccc([N+](=O)[O-])cc2N(CC(=O)c2c[nH]c3ccccc23)C1=O. The number of hydrogen-bond donors (Lipinski definition) is 1. The number of carbonyl (C=O) groups is 2. The molecule has 1 aromatic heterocycles. The van der Waals surface area contributed by atoms with Crippen LogP contribution in [0, 0.1) is 16.0 Å². The minimum atomic E-state index is -0.764. The highest BCUT2D eigenvalue weighted by Crippen LogP contribution is 2.38. The molecule has 1 atom stereocenters. The van der Waals surface area contributed by atoms with Crippen LogP contribution in [0.25, 0.3) is 10.9 Å². The number of H-pyrrole nitrogens is 1.